The van der Waals surface area contributed by atoms with Crippen LogP contribution in [0.15, 0.2) is 39.9 Å². The maximum Gasteiger partial charge on any atom is 0.332 e. The third-order valence-electron chi connectivity index (χ3n) is 4.08. The molecule has 1 aliphatic heterocycles. The van der Waals surface area contributed by atoms with Crippen molar-refractivity contribution in [1.82, 2.24) is 18.7 Å². The fourth-order valence-corrected chi connectivity index (χ4v) is 2.91. The van der Waals surface area contributed by atoms with Crippen LogP contribution in [-0.2, 0) is 25.4 Å². The Balaban J connectivity index is 2.08. The highest BCUT2D eigenvalue weighted by molar-refractivity contribution is 6.04. The molecule has 8 heteroatoms. The number of aromatic nitrogens is 4. The molecule has 0 N–H and O–H groups in total. The molecule has 3 heterocycles. The minimum absolute atomic E-state index is 0.0220. The lowest BCUT2D eigenvalue weighted by Crippen LogP contribution is -2.37. The van der Waals surface area contributed by atoms with Gasteiger partial charge in [-0.05, 0) is 12.1 Å². The third-order valence-corrected chi connectivity index (χ3v) is 4.08. The smallest absolute Gasteiger partial charge is 0.294 e. The van der Waals surface area contributed by atoms with E-state index in [2.05, 4.69) is 4.98 Å². The quantitative estimate of drug-likeness (QED) is 0.639. The van der Waals surface area contributed by atoms with Crippen molar-refractivity contribution >= 4 is 28.7 Å². The normalized spacial score (nSPS) is 13.8. The Morgan fingerprint density at radius 3 is 2.39 bits per heavy atom. The van der Waals surface area contributed by atoms with Crippen LogP contribution in [0, 0.1) is 0 Å². The molecule has 3 aromatic rings. The summed E-state index contributed by atoms with van der Waals surface area (Å²) in [6, 6.07) is 9.09. The Morgan fingerprint density at radius 2 is 1.70 bits per heavy atom. The summed E-state index contributed by atoms with van der Waals surface area (Å²) in [6.45, 7) is 0.0220. The van der Waals surface area contributed by atoms with Gasteiger partial charge in [-0.3, -0.25) is 23.3 Å². The summed E-state index contributed by atoms with van der Waals surface area (Å²) < 4.78 is 3.90. The SMILES string of the molecule is Cn1c(=O)c2c(nc3n2CC(=O)N3c2ccccc2)n(C)c1=O. The van der Waals surface area contributed by atoms with E-state index in [1.807, 2.05) is 18.2 Å². The first-order chi connectivity index (χ1) is 11.0. The van der Waals surface area contributed by atoms with Crippen molar-refractivity contribution in [2.24, 2.45) is 14.1 Å². The zero-order valence-electron chi connectivity index (χ0n) is 12.6. The zero-order valence-corrected chi connectivity index (χ0v) is 12.6. The average Bonchev–Trinajstić information content (AvgIpc) is 3.06. The topological polar surface area (TPSA) is 82.1 Å². The molecule has 116 valence electrons. The molecule has 0 radical (unpaired) electrons. The van der Waals surface area contributed by atoms with Crippen LogP contribution >= 0.6 is 0 Å². The number of amides is 1. The van der Waals surface area contributed by atoms with E-state index >= 15 is 0 Å². The van der Waals surface area contributed by atoms with Crippen LogP contribution in [-0.4, -0.2) is 24.6 Å². The molecular weight excluding hydrogens is 298 g/mol. The maximum absolute atomic E-state index is 12.4. The van der Waals surface area contributed by atoms with E-state index in [1.54, 1.807) is 23.7 Å². The fraction of sp³-hybridized carbons (Fsp3) is 0.200. The Labute approximate surface area is 129 Å². The zero-order chi connectivity index (χ0) is 16.3. The van der Waals surface area contributed by atoms with E-state index in [1.165, 1.54) is 16.5 Å². The second-order valence-corrected chi connectivity index (χ2v) is 5.44. The minimum Gasteiger partial charge on any atom is -0.294 e. The molecule has 0 spiro atoms. The lowest BCUT2D eigenvalue weighted by molar-refractivity contribution is -0.117. The van der Waals surface area contributed by atoms with Gasteiger partial charge in [-0.15, -0.1) is 0 Å². The summed E-state index contributed by atoms with van der Waals surface area (Å²) >= 11 is 0. The lowest BCUT2D eigenvalue weighted by Gasteiger charge is -2.13. The van der Waals surface area contributed by atoms with Crippen LogP contribution in [0.1, 0.15) is 0 Å². The molecule has 4 rings (SSSR count). The number of benzene rings is 1. The number of carbonyl (C=O) groups is 1. The van der Waals surface area contributed by atoms with Gasteiger partial charge >= 0.3 is 5.69 Å². The highest BCUT2D eigenvalue weighted by atomic mass is 16.2. The summed E-state index contributed by atoms with van der Waals surface area (Å²) in [5.41, 5.74) is 0.313. The summed E-state index contributed by atoms with van der Waals surface area (Å²) in [5, 5.41) is 0. The number of rotatable bonds is 1. The second-order valence-electron chi connectivity index (χ2n) is 5.44. The van der Waals surface area contributed by atoms with Gasteiger partial charge in [-0.2, -0.15) is 4.98 Å². The first kappa shape index (κ1) is 13.5. The molecule has 1 aliphatic rings. The molecular formula is C15H13N5O3. The van der Waals surface area contributed by atoms with Crippen LogP contribution in [0.25, 0.3) is 11.2 Å². The van der Waals surface area contributed by atoms with Gasteiger partial charge in [0.25, 0.3) is 11.5 Å². The van der Waals surface area contributed by atoms with Crippen molar-refractivity contribution < 1.29 is 4.79 Å². The number of fused-ring (bicyclic) bond motifs is 3. The van der Waals surface area contributed by atoms with Gasteiger partial charge in [-0.25, -0.2) is 9.69 Å². The van der Waals surface area contributed by atoms with Gasteiger partial charge in [0.05, 0.1) is 5.69 Å². The van der Waals surface area contributed by atoms with Gasteiger partial charge in [0.2, 0.25) is 5.95 Å². The number of anilines is 2. The predicted octanol–water partition coefficient (Wildman–Crippen LogP) is 0.112. The molecule has 0 bridgehead atoms. The molecule has 0 saturated heterocycles. The average molecular weight is 311 g/mol. The first-order valence-electron chi connectivity index (χ1n) is 7.05. The fourth-order valence-electron chi connectivity index (χ4n) is 2.91. The number of para-hydroxylation sites is 1. The minimum atomic E-state index is -0.454. The molecule has 2 aromatic heterocycles. The van der Waals surface area contributed by atoms with Crippen molar-refractivity contribution in [2.75, 3.05) is 4.90 Å². The highest BCUT2D eigenvalue weighted by Gasteiger charge is 2.34. The number of carbonyl (C=O) groups excluding carboxylic acids is 1. The molecule has 0 atom stereocenters. The summed E-state index contributed by atoms with van der Waals surface area (Å²) in [6.07, 6.45) is 0. The monoisotopic (exact) mass is 311 g/mol. The Hall–Kier alpha value is -3.16. The molecule has 0 saturated carbocycles. The van der Waals surface area contributed by atoms with Crippen molar-refractivity contribution in [3.05, 3.63) is 51.2 Å². The Bertz CT molecular complexity index is 1070. The van der Waals surface area contributed by atoms with Gasteiger partial charge in [0.1, 0.15) is 6.54 Å². The lowest BCUT2D eigenvalue weighted by atomic mass is 10.3. The van der Waals surface area contributed by atoms with Crippen LogP contribution in [0.5, 0.6) is 0 Å². The highest BCUT2D eigenvalue weighted by Crippen LogP contribution is 2.32. The summed E-state index contributed by atoms with van der Waals surface area (Å²) in [5.74, 6) is 0.186. The van der Waals surface area contributed by atoms with E-state index < -0.39 is 11.2 Å². The Morgan fingerprint density at radius 1 is 1.00 bits per heavy atom. The van der Waals surface area contributed by atoms with Gasteiger partial charge in [0.15, 0.2) is 11.2 Å². The Kier molecular flexibility index (Phi) is 2.59. The van der Waals surface area contributed by atoms with Gasteiger partial charge in [0, 0.05) is 14.1 Å². The molecule has 23 heavy (non-hydrogen) atoms. The standard InChI is InChI=1S/C15H13N5O3/c1-17-12-11(13(22)18(2)15(17)23)19-8-10(21)20(14(19)16-12)9-6-4-3-5-7-9/h3-7H,8H2,1-2H3. The molecule has 0 fully saturated rings. The van der Waals surface area contributed by atoms with Gasteiger partial charge < -0.3 is 0 Å². The van der Waals surface area contributed by atoms with E-state index in [4.69, 9.17) is 0 Å². The largest absolute Gasteiger partial charge is 0.332 e. The van der Waals surface area contributed by atoms with E-state index in [9.17, 15) is 14.4 Å². The molecule has 8 nitrogen and oxygen atoms in total. The third kappa shape index (κ3) is 1.65. The first-order valence-corrected chi connectivity index (χ1v) is 7.05. The van der Waals surface area contributed by atoms with Crippen molar-refractivity contribution in [3.8, 4) is 0 Å². The summed E-state index contributed by atoms with van der Waals surface area (Å²) in [7, 11) is 2.97. The van der Waals surface area contributed by atoms with Crippen molar-refractivity contribution in [3.63, 3.8) is 0 Å². The van der Waals surface area contributed by atoms with Gasteiger partial charge in [-0.1, -0.05) is 18.2 Å². The molecule has 0 unspecified atom stereocenters. The van der Waals surface area contributed by atoms with Crippen LogP contribution < -0.4 is 16.1 Å². The molecule has 1 amide bonds. The predicted molar refractivity (Wildman–Crippen MR) is 83.8 cm³/mol. The number of aryl methyl sites for hydroxylation is 1. The number of imidazole rings is 1. The van der Waals surface area contributed by atoms with E-state index in [0.29, 0.717) is 11.6 Å². The molecule has 0 aliphatic carbocycles. The number of hydrogen-bond acceptors (Lipinski definition) is 4. The van der Waals surface area contributed by atoms with E-state index in [0.717, 1.165) is 4.57 Å². The summed E-state index contributed by atoms with van der Waals surface area (Å²) in [4.78, 5) is 42.7. The van der Waals surface area contributed by atoms with E-state index in [-0.39, 0.29) is 23.6 Å². The van der Waals surface area contributed by atoms with Crippen molar-refractivity contribution in [2.45, 2.75) is 6.54 Å². The van der Waals surface area contributed by atoms with Crippen LogP contribution in [0.2, 0.25) is 0 Å². The second kappa shape index (κ2) is 4.42. The van der Waals surface area contributed by atoms with Crippen LogP contribution in [0.3, 0.4) is 0 Å². The van der Waals surface area contributed by atoms with Crippen molar-refractivity contribution in [1.29, 1.82) is 0 Å². The molecule has 1 aromatic carbocycles. The van der Waals surface area contributed by atoms with Crippen LogP contribution in [0.4, 0.5) is 11.6 Å². The number of hydrogen-bond donors (Lipinski definition) is 0. The maximum atomic E-state index is 12.4. The number of nitrogens with zero attached hydrogens (tertiary/aromatic N) is 5.